The van der Waals surface area contributed by atoms with Gasteiger partial charge in [0.15, 0.2) is 0 Å². The number of anilines is 1. The molecule has 2 aliphatic heterocycles. The lowest BCUT2D eigenvalue weighted by Crippen LogP contribution is -2.52. The number of fused-ring (bicyclic) bond motifs is 4. The number of rotatable bonds is 1. The molecule has 0 unspecified atom stereocenters. The van der Waals surface area contributed by atoms with E-state index in [1.807, 2.05) is 32.1 Å². The smallest absolute Gasteiger partial charge is 0.264 e. The van der Waals surface area contributed by atoms with Gasteiger partial charge in [0, 0.05) is 29.1 Å². The lowest BCUT2D eigenvalue weighted by atomic mass is 9.63. The number of hydrogen-bond acceptors (Lipinski definition) is 6. The molecule has 232 valence electrons. The molecule has 1 fully saturated rings. The van der Waals surface area contributed by atoms with Crippen molar-refractivity contribution in [2.24, 2.45) is 17.8 Å². The van der Waals surface area contributed by atoms with Crippen LogP contribution in [0.1, 0.15) is 80.8 Å². The summed E-state index contributed by atoms with van der Waals surface area (Å²) < 4.78 is 35.4. The number of nitrogens with one attached hydrogen (secondary N) is 1. The maximum absolute atomic E-state index is 13.4. The van der Waals surface area contributed by atoms with Gasteiger partial charge in [0.2, 0.25) is 10.0 Å². The van der Waals surface area contributed by atoms with Crippen molar-refractivity contribution in [3.63, 3.8) is 0 Å². The van der Waals surface area contributed by atoms with Crippen molar-refractivity contribution in [3.05, 3.63) is 70.3 Å². The highest BCUT2D eigenvalue weighted by Gasteiger charge is 2.47. The molecular weight excluding hydrogens is 584 g/mol. The number of halogens is 1. The Kier molecular flexibility index (Phi) is 8.10. The molecule has 0 radical (unpaired) electrons. The van der Waals surface area contributed by atoms with Gasteiger partial charge in [-0.25, -0.2) is 13.1 Å². The van der Waals surface area contributed by atoms with E-state index in [1.165, 1.54) is 11.1 Å². The molecule has 2 aliphatic carbocycles. The van der Waals surface area contributed by atoms with Crippen molar-refractivity contribution in [2.75, 3.05) is 24.6 Å². The third-order valence-corrected chi connectivity index (χ3v) is 13.0. The van der Waals surface area contributed by atoms with Crippen LogP contribution < -0.4 is 14.4 Å². The van der Waals surface area contributed by atoms with E-state index >= 15 is 0 Å². The zero-order valence-electron chi connectivity index (χ0n) is 25.3. The molecule has 0 saturated heterocycles. The summed E-state index contributed by atoms with van der Waals surface area (Å²) in [6, 6.07) is 11.4. The Hall–Kier alpha value is -2.55. The van der Waals surface area contributed by atoms with Gasteiger partial charge >= 0.3 is 0 Å². The second kappa shape index (κ2) is 11.4. The molecule has 7 nitrogen and oxygen atoms in total. The molecule has 1 saturated carbocycles. The lowest BCUT2D eigenvalue weighted by molar-refractivity contribution is -0.0475. The summed E-state index contributed by atoms with van der Waals surface area (Å²) in [4.78, 5) is 15.7. The Labute approximate surface area is 260 Å². The van der Waals surface area contributed by atoms with Gasteiger partial charge in [-0.2, -0.15) is 0 Å². The Morgan fingerprint density at radius 1 is 1.16 bits per heavy atom. The van der Waals surface area contributed by atoms with Crippen molar-refractivity contribution >= 4 is 33.2 Å². The average molecular weight is 627 g/mol. The largest absolute Gasteiger partial charge is 0.490 e. The quantitative estimate of drug-likeness (QED) is 0.376. The molecule has 1 spiro atoms. The first-order chi connectivity index (χ1) is 20.4. The van der Waals surface area contributed by atoms with Crippen LogP contribution in [0.25, 0.3) is 0 Å². The van der Waals surface area contributed by atoms with Crippen LogP contribution in [-0.2, 0) is 21.9 Å². The number of sulfonamides is 1. The van der Waals surface area contributed by atoms with Crippen LogP contribution in [0.2, 0.25) is 5.02 Å². The van der Waals surface area contributed by atoms with E-state index in [4.69, 9.17) is 16.3 Å². The highest BCUT2D eigenvalue weighted by Crippen LogP contribution is 2.49. The summed E-state index contributed by atoms with van der Waals surface area (Å²) in [6.07, 6.45) is 9.83. The van der Waals surface area contributed by atoms with E-state index in [0.29, 0.717) is 38.3 Å². The summed E-state index contributed by atoms with van der Waals surface area (Å²) in [6.45, 7) is 7.41. The Balaban J connectivity index is 1.45. The minimum Gasteiger partial charge on any atom is -0.490 e. The van der Waals surface area contributed by atoms with Gasteiger partial charge in [-0.3, -0.25) is 4.79 Å². The monoisotopic (exact) mass is 626 g/mol. The molecule has 2 heterocycles. The number of amides is 1. The van der Waals surface area contributed by atoms with Gasteiger partial charge in [-0.1, -0.05) is 43.7 Å². The van der Waals surface area contributed by atoms with Gasteiger partial charge in [-0.05, 0) is 111 Å². The summed E-state index contributed by atoms with van der Waals surface area (Å²) in [5.41, 5.74) is 2.35. The fourth-order valence-electron chi connectivity index (χ4n) is 7.75. The van der Waals surface area contributed by atoms with Crippen molar-refractivity contribution in [1.82, 2.24) is 4.72 Å². The predicted octanol–water partition coefficient (Wildman–Crippen LogP) is 6.02. The maximum Gasteiger partial charge on any atom is 0.264 e. The van der Waals surface area contributed by atoms with Gasteiger partial charge in [0.05, 0.1) is 23.1 Å². The Bertz CT molecular complexity index is 1540. The standard InChI is InChI=1S/C34H43ClN2O5S/c1-4-34(39)16-5-7-22(2)23(3)43(40,41)36-32(38)25-10-14-31-30(18-25)37(19-26-9-12-29(26)34)20-33(21-42-31)15-6-8-24-17-27(35)11-13-28(24)33/h5,10-11,13-14,16-18,22-23,26,29,39H,4,6-9,12,15,19-21H2,1-3H3,(H,36,38)/b16-5-/t22-,23+,26-,29+,33-,34-/m0/s1. The molecule has 6 atom stereocenters. The highest BCUT2D eigenvalue weighted by molar-refractivity contribution is 7.90. The summed E-state index contributed by atoms with van der Waals surface area (Å²) >= 11 is 6.40. The number of hydrogen-bond donors (Lipinski definition) is 2. The molecule has 9 heteroatoms. The van der Waals surface area contributed by atoms with Crippen molar-refractivity contribution in [1.29, 1.82) is 0 Å². The van der Waals surface area contributed by atoms with E-state index in [1.54, 1.807) is 25.1 Å². The van der Waals surface area contributed by atoms with Crippen LogP contribution in [0.3, 0.4) is 0 Å². The predicted molar refractivity (Wildman–Crippen MR) is 170 cm³/mol. The number of allylic oxidation sites excluding steroid dienone is 1. The number of carbonyl (C=O) groups excluding carboxylic acids is 1. The van der Waals surface area contributed by atoms with Gasteiger partial charge in [0.25, 0.3) is 5.91 Å². The number of aliphatic hydroxyl groups is 1. The molecule has 2 N–H and O–H groups in total. The molecule has 43 heavy (non-hydrogen) atoms. The van der Waals surface area contributed by atoms with Crippen molar-refractivity contribution < 1.29 is 23.1 Å². The van der Waals surface area contributed by atoms with Crippen LogP contribution in [-0.4, -0.2) is 50.0 Å². The third kappa shape index (κ3) is 5.59. The lowest BCUT2D eigenvalue weighted by Gasteiger charge is -2.49. The van der Waals surface area contributed by atoms with Gasteiger partial charge < -0.3 is 14.7 Å². The number of carbonyl (C=O) groups is 1. The van der Waals surface area contributed by atoms with Crippen LogP contribution in [0.15, 0.2) is 48.6 Å². The fraction of sp³-hybridized carbons (Fsp3) is 0.559. The van der Waals surface area contributed by atoms with Crippen molar-refractivity contribution in [2.45, 2.75) is 82.0 Å². The SMILES string of the molecule is CC[C@]1(O)/C=C\C[C@H](C)[C@@H](C)S(=O)(=O)NC(=O)c2ccc3c(c2)N(C[C@@H]2CC[C@H]21)C[C@@]1(CCCc2cc(Cl)ccc21)CO3. The first kappa shape index (κ1) is 30.5. The summed E-state index contributed by atoms with van der Waals surface area (Å²) in [5.74, 6) is 0.150. The second-order valence-electron chi connectivity index (χ2n) is 13.4. The first-order valence-electron chi connectivity index (χ1n) is 15.7. The number of ether oxygens (including phenoxy) is 1. The van der Waals surface area contributed by atoms with Crippen LogP contribution in [0.5, 0.6) is 5.75 Å². The molecule has 2 aromatic rings. The van der Waals surface area contributed by atoms with E-state index in [0.717, 1.165) is 42.8 Å². The highest BCUT2D eigenvalue weighted by atomic mass is 35.5. The van der Waals surface area contributed by atoms with Gasteiger partial charge in [0.1, 0.15) is 5.75 Å². The molecule has 2 aromatic carbocycles. The third-order valence-electron chi connectivity index (χ3n) is 10.8. The summed E-state index contributed by atoms with van der Waals surface area (Å²) in [7, 11) is -3.93. The first-order valence-corrected chi connectivity index (χ1v) is 17.6. The number of aryl methyl sites for hydroxylation is 1. The molecule has 1 amide bonds. The Morgan fingerprint density at radius 2 is 1.98 bits per heavy atom. The normalized spacial score (nSPS) is 34.5. The van der Waals surface area contributed by atoms with E-state index < -0.39 is 26.8 Å². The second-order valence-corrected chi connectivity index (χ2v) is 15.8. The average Bonchev–Trinajstić information content (AvgIpc) is 3.11. The maximum atomic E-state index is 13.4. The van der Waals surface area contributed by atoms with E-state index in [9.17, 15) is 18.3 Å². The topological polar surface area (TPSA) is 95.9 Å². The number of benzene rings is 2. The zero-order chi connectivity index (χ0) is 30.6. The minimum absolute atomic E-state index is 0.0885. The number of nitrogens with zero attached hydrogens (tertiary/aromatic N) is 1. The van der Waals surface area contributed by atoms with Gasteiger partial charge in [-0.15, -0.1) is 0 Å². The molecule has 0 aromatic heterocycles. The van der Waals surface area contributed by atoms with Crippen LogP contribution in [0, 0.1) is 17.8 Å². The van der Waals surface area contributed by atoms with E-state index in [2.05, 4.69) is 21.8 Å². The fourth-order valence-corrected chi connectivity index (χ4v) is 9.23. The molecule has 2 bridgehead atoms. The molecule has 6 rings (SSSR count). The van der Waals surface area contributed by atoms with Crippen LogP contribution >= 0.6 is 11.6 Å². The van der Waals surface area contributed by atoms with Crippen molar-refractivity contribution in [3.8, 4) is 5.75 Å². The molecule has 4 aliphatic rings. The molecular formula is C34H43ClN2O5S. The zero-order valence-corrected chi connectivity index (χ0v) is 26.9. The summed E-state index contributed by atoms with van der Waals surface area (Å²) in [5, 5.41) is 11.8. The Morgan fingerprint density at radius 3 is 2.72 bits per heavy atom. The van der Waals surface area contributed by atoms with Crippen LogP contribution in [0.4, 0.5) is 5.69 Å². The van der Waals surface area contributed by atoms with E-state index in [-0.39, 0.29) is 28.7 Å². The minimum atomic E-state index is -3.93.